The number of nitrogens with zero attached hydrogens (tertiary/aromatic N) is 3. The molecule has 0 aliphatic carbocycles. The van der Waals surface area contributed by atoms with Crippen molar-refractivity contribution >= 4 is 39.7 Å². The smallest absolute Gasteiger partial charge is 0.147 e. The van der Waals surface area contributed by atoms with Crippen LogP contribution in [-0.4, -0.2) is 17.1 Å². The van der Waals surface area contributed by atoms with Crippen molar-refractivity contribution in [1.29, 1.82) is 0 Å². The number of azo groups is 1. The molecule has 0 spiro atoms. The quantitative estimate of drug-likeness (QED) is 0.549. The Morgan fingerprint density at radius 3 is 2.86 bits per heavy atom. The molecule has 3 aromatic rings. The van der Waals surface area contributed by atoms with Crippen LogP contribution >= 0.6 is 11.6 Å². The molecule has 7 heteroatoms. The van der Waals surface area contributed by atoms with Crippen molar-refractivity contribution in [3.05, 3.63) is 41.2 Å². The van der Waals surface area contributed by atoms with Crippen molar-refractivity contribution in [1.82, 2.24) is 9.97 Å². The van der Waals surface area contributed by atoms with Crippen molar-refractivity contribution in [2.24, 2.45) is 10.2 Å². The summed E-state index contributed by atoms with van der Waals surface area (Å²) in [6, 6.07) is 7.01. The molecule has 0 radical (unpaired) electrons. The fraction of sp³-hybridized carbons (Fsp3) is 0.133. The summed E-state index contributed by atoms with van der Waals surface area (Å²) in [6.45, 7) is 1.92. The van der Waals surface area contributed by atoms with Gasteiger partial charge in [-0.2, -0.15) is 0 Å². The lowest BCUT2D eigenvalue weighted by Gasteiger charge is -2.05. The van der Waals surface area contributed by atoms with Crippen molar-refractivity contribution < 1.29 is 4.74 Å². The molecule has 1 aromatic heterocycles. The standard InChI is InChI=1S/C15H14ClN5O/c1-8-5-10(17)14-15(19-7-18-14)13(8)21-20-11-4-3-9(16)6-12(11)22-2/h3-7H,17H2,1-2H3,(H,18,19). The third kappa shape index (κ3) is 2.48. The molecular formula is C15H14ClN5O. The van der Waals surface area contributed by atoms with Gasteiger partial charge in [-0.1, -0.05) is 11.6 Å². The molecule has 0 amide bonds. The number of anilines is 1. The molecule has 2 aromatic carbocycles. The average molecular weight is 316 g/mol. The lowest BCUT2D eigenvalue weighted by atomic mass is 10.1. The van der Waals surface area contributed by atoms with Crippen LogP contribution < -0.4 is 10.5 Å². The van der Waals surface area contributed by atoms with E-state index in [1.54, 1.807) is 31.6 Å². The van der Waals surface area contributed by atoms with Gasteiger partial charge in [0, 0.05) is 11.1 Å². The normalized spacial score (nSPS) is 11.4. The summed E-state index contributed by atoms with van der Waals surface area (Å²) in [4.78, 5) is 7.24. The number of halogens is 1. The highest BCUT2D eigenvalue weighted by Gasteiger charge is 2.10. The maximum atomic E-state index is 5.95. The molecule has 1 heterocycles. The number of methoxy groups -OCH3 is 1. The molecule has 0 bridgehead atoms. The van der Waals surface area contributed by atoms with Gasteiger partial charge in [0.2, 0.25) is 0 Å². The Morgan fingerprint density at radius 1 is 1.27 bits per heavy atom. The number of rotatable bonds is 3. The first-order chi connectivity index (χ1) is 10.6. The van der Waals surface area contributed by atoms with E-state index >= 15 is 0 Å². The number of benzene rings is 2. The Hall–Kier alpha value is -2.60. The van der Waals surface area contributed by atoms with E-state index in [4.69, 9.17) is 22.1 Å². The Balaban J connectivity index is 2.09. The largest absolute Gasteiger partial charge is 0.494 e. The highest BCUT2D eigenvalue weighted by atomic mass is 35.5. The van der Waals surface area contributed by atoms with E-state index in [2.05, 4.69) is 20.2 Å². The van der Waals surface area contributed by atoms with Gasteiger partial charge in [0.25, 0.3) is 0 Å². The van der Waals surface area contributed by atoms with Crippen LogP contribution in [0.4, 0.5) is 17.1 Å². The van der Waals surface area contributed by atoms with E-state index in [1.165, 1.54) is 0 Å². The minimum Gasteiger partial charge on any atom is -0.494 e. The minimum absolute atomic E-state index is 0.560. The summed E-state index contributed by atoms with van der Waals surface area (Å²) in [5.74, 6) is 0.560. The van der Waals surface area contributed by atoms with E-state index in [0.717, 1.165) is 11.1 Å². The Bertz CT molecular complexity index is 872. The predicted octanol–water partition coefficient (Wildman–Crippen LogP) is 4.53. The van der Waals surface area contributed by atoms with Crippen LogP contribution in [0.25, 0.3) is 11.0 Å². The van der Waals surface area contributed by atoms with Gasteiger partial charge in [0.1, 0.15) is 22.6 Å². The number of nitrogens with one attached hydrogen (secondary N) is 1. The highest BCUT2D eigenvalue weighted by molar-refractivity contribution is 6.30. The molecule has 0 fully saturated rings. The van der Waals surface area contributed by atoms with Crippen LogP contribution in [0.5, 0.6) is 5.75 Å². The fourth-order valence-corrected chi connectivity index (χ4v) is 2.39. The average Bonchev–Trinajstić information content (AvgIpc) is 2.98. The minimum atomic E-state index is 0.560. The molecule has 0 saturated heterocycles. The molecule has 0 unspecified atom stereocenters. The van der Waals surface area contributed by atoms with E-state index < -0.39 is 0 Å². The van der Waals surface area contributed by atoms with Crippen molar-refractivity contribution in [3.8, 4) is 5.75 Å². The molecule has 112 valence electrons. The lowest BCUT2D eigenvalue weighted by molar-refractivity contribution is 0.416. The molecule has 0 saturated carbocycles. The number of H-pyrrole nitrogens is 1. The molecule has 0 atom stereocenters. The number of nitrogen functional groups attached to an aromatic ring is 1. The number of ether oxygens (including phenoxy) is 1. The molecule has 0 aliphatic heterocycles. The first-order valence-electron chi connectivity index (χ1n) is 6.57. The van der Waals surface area contributed by atoms with Gasteiger partial charge in [-0.3, -0.25) is 0 Å². The van der Waals surface area contributed by atoms with Gasteiger partial charge < -0.3 is 15.5 Å². The lowest BCUT2D eigenvalue weighted by Crippen LogP contribution is -1.89. The second-order valence-corrected chi connectivity index (χ2v) is 5.21. The summed E-state index contributed by atoms with van der Waals surface area (Å²) in [7, 11) is 1.56. The van der Waals surface area contributed by atoms with E-state index in [9.17, 15) is 0 Å². The van der Waals surface area contributed by atoms with E-state index in [1.807, 2.05) is 13.0 Å². The molecule has 3 N–H and O–H groups in total. The maximum absolute atomic E-state index is 5.95. The van der Waals surface area contributed by atoms with Gasteiger partial charge in [0.05, 0.1) is 24.6 Å². The number of fused-ring (bicyclic) bond motifs is 1. The maximum Gasteiger partial charge on any atom is 0.147 e. The monoisotopic (exact) mass is 315 g/mol. The fourth-order valence-electron chi connectivity index (χ4n) is 2.23. The summed E-state index contributed by atoms with van der Waals surface area (Å²) < 4.78 is 5.26. The van der Waals surface area contributed by atoms with Gasteiger partial charge in [-0.05, 0) is 30.7 Å². The predicted molar refractivity (Wildman–Crippen MR) is 87.4 cm³/mol. The molecule has 6 nitrogen and oxygen atoms in total. The zero-order chi connectivity index (χ0) is 15.7. The summed E-state index contributed by atoms with van der Waals surface area (Å²) in [5, 5.41) is 9.17. The third-order valence-corrected chi connectivity index (χ3v) is 3.53. The van der Waals surface area contributed by atoms with Gasteiger partial charge >= 0.3 is 0 Å². The number of hydrogen-bond donors (Lipinski definition) is 2. The summed E-state index contributed by atoms with van der Waals surface area (Å²) in [6.07, 6.45) is 1.59. The second kappa shape index (κ2) is 5.65. The van der Waals surface area contributed by atoms with Crippen LogP contribution in [0.2, 0.25) is 5.02 Å². The summed E-state index contributed by atoms with van der Waals surface area (Å²) in [5.41, 5.74) is 10.2. The number of hydrogen-bond acceptors (Lipinski definition) is 5. The number of imidazole rings is 1. The van der Waals surface area contributed by atoms with Crippen molar-refractivity contribution in [3.63, 3.8) is 0 Å². The first-order valence-corrected chi connectivity index (χ1v) is 6.95. The van der Waals surface area contributed by atoms with Gasteiger partial charge in [-0.25, -0.2) is 4.98 Å². The Labute approximate surface area is 132 Å². The molecule has 3 rings (SSSR count). The topological polar surface area (TPSA) is 88.7 Å². The number of aryl methyl sites for hydroxylation is 1. The molecule has 0 aliphatic rings. The van der Waals surface area contributed by atoms with Crippen molar-refractivity contribution in [2.75, 3.05) is 12.8 Å². The first kappa shape index (κ1) is 14.3. The van der Waals surface area contributed by atoms with Crippen LogP contribution in [0.1, 0.15) is 5.56 Å². The van der Waals surface area contributed by atoms with Gasteiger partial charge in [-0.15, -0.1) is 10.2 Å². The van der Waals surface area contributed by atoms with Crippen LogP contribution in [-0.2, 0) is 0 Å². The van der Waals surface area contributed by atoms with Crippen molar-refractivity contribution in [2.45, 2.75) is 6.92 Å². The van der Waals surface area contributed by atoms with Crippen LogP contribution in [0, 0.1) is 6.92 Å². The SMILES string of the molecule is COc1cc(Cl)ccc1N=Nc1c(C)cc(N)c2nc[nH]c12. The van der Waals surface area contributed by atoms with E-state index in [-0.39, 0.29) is 0 Å². The highest BCUT2D eigenvalue weighted by Crippen LogP contribution is 2.35. The van der Waals surface area contributed by atoms with Gasteiger partial charge in [0.15, 0.2) is 0 Å². The summed E-state index contributed by atoms with van der Waals surface area (Å²) >= 11 is 5.94. The zero-order valence-electron chi connectivity index (χ0n) is 12.1. The number of nitrogens with two attached hydrogens (primary N) is 1. The van der Waals surface area contributed by atoms with Crippen LogP contribution in [0.3, 0.4) is 0 Å². The Morgan fingerprint density at radius 2 is 2.09 bits per heavy atom. The number of aromatic nitrogens is 2. The Kier molecular flexibility index (Phi) is 3.68. The molecular weight excluding hydrogens is 302 g/mol. The zero-order valence-corrected chi connectivity index (χ0v) is 12.8. The number of aromatic amines is 1. The second-order valence-electron chi connectivity index (χ2n) is 4.77. The van der Waals surface area contributed by atoms with E-state index in [0.29, 0.717) is 33.4 Å². The molecule has 22 heavy (non-hydrogen) atoms. The third-order valence-electron chi connectivity index (χ3n) is 3.29. The van der Waals surface area contributed by atoms with Crippen LogP contribution in [0.15, 0.2) is 40.8 Å².